The van der Waals surface area contributed by atoms with Crippen molar-refractivity contribution in [1.29, 1.82) is 0 Å². The van der Waals surface area contributed by atoms with E-state index in [9.17, 15) is 19.8 Å². The van der Waals surface area contributed by atoms with Crippen molar-refractivity contribution in [3.8, 4) is 22.9 Å². The van der Waals surface area contributed by atoms with Crippen LogP contribution in [-0.4, -0.2) is 91.6 Å². The molecule has 0 saturated carbocycles. The van der Waals surface area contributed by atoms with E-state index in [1.807, 2.05) is 73.7 Å². The second-order valence-electron chi connectivity index (χ2n) is 14.4. The molecule has 0 aliphatic carbocycles. The fourth-order valence-corrected chi connectivity index (χ4v) is 6.34. The minimum atomic E-state index is -0.0124. The lowest BCUT2D eigenvalue weighted by Gasteiger charge is -2.13. The maximum atomic E-state index is 11.1. The summed E-state index contributed by atoms with van der Waals surface area (Å²) < 4.78 is 21.5. The Morgan fingerprint density at radius 2 is 1.07 bits per heavy atom. The van der Waals surface area contributed by atoms with Crippen LogP contribution in [0.5, 0.6) is 11.5 Å². The van der Waals surface area contributed by atoms with Gasteiger partial charge in [-0.3, -0.25) is 9.59 Å². The number of phenols is 2. The van der Waals surface area contributed by atoms with Crippen molar-refractivity contribution in [1.82, 2.24) is 30.0 Å². The van der Waals surface area contributed by atoms with E-state index in [4.69, 9.17) is 18.9 Å². The number of carbonyl (C=O) groups excluding carboxylic acids is 2. The zero-order valence-corrected chi connectivity index (χ0v) is 34.6. The first kappa shape index (κ1) is 47.1. The Bertz CT molecular complexity index is 2180. The van der Waals surface area contributed by atoms with Crippen molar-refractivity contribution in [3.63, 3.8) is 0 Å². The van der Waals surface area contributed by atoms with Gasteiger partial charge in [0.25, 0.3) is 0 Å². The zero-order valence-electron chi connectivity index (χ0n) is 34.6. The molecule has 0 radical (unpaired) electrons. The summed E-state index contributed by atoms with van der Waals surface area (Å²) in [5, 5.41) is 40.3. The third kappa shape index (κ3) is 14.0. The first-order valence-corrected chi connectivity index (χ1v) is 20.3. The molecule has 14 nitrogen and oxygen atoms in total. The van der Waals surface area contributed by atoms with Crippen molar-refractivity contribution < 1.29 is 38.7 Å². The number of aromatic hydroxyl groups is 2. The van der Waals surface area contributed by atoms with Crippen LogP contribution in [0.15, 0.2) is 72.8 Å². The van der Waals surface area contributed by atoms with Crippen LogP contribution in [0.3, 0.4) is 0 Å². The van der Waals surface area contributed by atoms with Crippen LogP contribution in [-0.2, 0) is 54.4 Å². The Morgan fingerprint density at radius 1 is 0.583 bits per heavy atom. The highest BCUT2D eigenvalue weighted by molar-refractivity contribution is 5.77. The van der Waals surface area contributed by atoms with Crippen molar-refractivity contribution in [2.75, 3.05) is 39.8 Å². The monoisotopic (exact) mass is 824 g/mol. The Labute approximate surface area is 352 Å². The molecule has 60 heavy (non-hydrogen) atoms. The lowest BCUT2D eigenvalue weighted by molar-refractivity contribution is -0.124. The standard InChI is InChI=1S/C37H42N6O4.C8H14O4.CH4/c1-3-5-6-14-29-21-27(23-35(37(29)45)43-40-32-17-9-10-18-33(32)41-43)24-47-25-46-19-12-11-13-26-20-28(4-2)36(44)34(22-26)42-38-30-15-7-8-16-31(30)39-42;1-7(9)5-11-3-4-12-6-8(2)10;/h7-10,15-18,20-23,44-45H,3-6,11-14,19,24-25H2,1-2H3;3-6H2,1-2H3;1H4. The zero-order chi connectivity index (χ0) is 42.0. The molecule has 0 spiro atoms. The van der Waals surface area contributed by atoms with Gasteiger partial charge in [-0.05, 0) is 117 Å². The van der Waals surface area contributed by atoms with Crippen LogP contribution in [0.2, 0.25) is 0 Å². The molecule has 0 amide bonds. The number of hydrogen-bond acceptors (Lipinski definition) is 12. The van der Waals surface area contributed by atoms with Gasteiger partial charge < -0.3 is 29.2 Å². The summed E-state index contributed by atoms with van der Waals surface area (Å²) >= 11 is 0. The Kier molecular flexibility index (Phi) is 19.3. The minimum Gasteiger partial charge on any atom is -0.505 e. The SMILES string of the molecule is C.CC(=O)COCCOCC(C)=O.CCCCCc1cc(COCOCCCCc2cc(CC)c(O)c(-n3nc4ccccc4n3)c2)cc(-n2nc3ccccc3n2)c1O. The smallest absolute Gasteiger partial charge is 0.155 e. The normalized spacial score (nSPS) is 11.1. The molecule has 0 unspecified atom stereocenters. The van der Waals surface area contributed by atoms with Crippen LogP contribution in [0.4, 0.5) is 0 Å². The number of nitrogens with zero attached hydrogens (tertiary/aromatic N) is 6. The van der Waals surface area contributed by atoms with Gasteiger partial charge in [-0.1, -0.05) is 64.4 Å². The van der Waals surface area contributed by atoms with Gasteiger partial charge in [-0.15, -0.1) is 30.0 Å². The molecule has 14 heteroatoms. The van der Waals surface area contributed by atoms with Crippen LogP contribution in [0, 0.1) is 0 Å². The molecular weight excluding hydrogens is 765 g/mol. The maximum absolute atomic E-state index is 11.1. The van der Waals surface area contributed by atoms with Gasteiger partial charge in [0.1, 0.15) is 64.9 Å². The van der Waals surface area contributed by atoms with Gasteiger partial charge in [-0.2, -0.15) is 0 Å². The molecule has 322 valence electrons. The highest BCUT2D eigenvalue weighted by Gasteiger charge is 2.16. The number of ketones is 2. The molecule has 2 N–H and O–H groups in total. The van der Waals surface area contributed by atoms with Crippen molar-refractivity contribution in [3.05, 3.63) is 95.1 Å². The van der Waals surface area contributed by atoms with Crippen molar-refractivity contribution >= 4 is 33.6 Å². The van der Waals surface area contributed by atoms with Gasteiger partial charge in [0.15, 0.2) is 11.6 Å². The molecule has 0 atom stereocenters. The average molecular weight is 825 g/mol. The third-order valence-corrected chi connectivity index (χ3v) is 9.31. The molecule has 2 heterocycles. The van der Waals surface area contributed by atoms with Gasteiger partial charge in [0, 0.05) is 6.61 Å². The summed E-state index contributed by atoms with van der Waals surface area (Å²) in [5.41, 5.74) is 8.09. The number of ether oxygens (including phenoxy) is 4. The molecule has 6 aromatic rings. The molecule has 6 rings (SSSR count). The van der Waals surface area contributed by atoms with Gasteiger partial charge in [0.2, 0.25) is 0 Å². The predicted octanol–water partition coefficient (Wildman–Crippen LogP) is 8.21. The number of rotatable bonds is 23. The number of benzene rings is 4. The number of phenolic OH excluding ortho intramolecular Hbond substituents is 2. The number of hydrogen-bond donors (Lipinski definition) is 2. The Balaban J connectivity index is 0.000000533. The second-order valence-corrected chi connectivity index (χ2v) is 14.4. The highest BCUT2D eigenvalue weighted by Crippen LogP contribution is 2.31. The molecule has 4 aromatic carbocycles. The van der Waals surface area contributed by atoms with Crippen LogP contribution in [0.25, 0.3) is 33.4 Å². The van der Waals surface area contributed by atoms with E-state index < -0.39 is 0 Å². The van der Waals surface area contributed by atoms with Gasteiger partial charge in [0.05, 0.1) is 19.8 Å². The van der Waals surface area contributed by atoms with Crippen LogP contribution < -0.4 is 0 Å². The predicted molar refractivity (Wildman–Crippen MR) is 232 cm³/mol. The molecule has 0 bridgehead atoms. The Morgan fingerprint density at radius 3 is 1.57 bits per heavy atom. The number of Topliss-reactive ketones (excluding diaryl/α,β-unsaturated/α-hetero) is 2. The highest BCUT2D eigenvalue weighted by atomic mass is 16.7. The van der Waals surface area contributed by atoms with Gasteiger partial charge >= 0.3 is 0 Å². The largest absolute Gasteiger partial charge is 0.505 e. The quantitative estimate of drug-likeness (QED) is 0.0469. The summed E-state index contributed by atoms with van der Waals surface area (Å²) in [6, 6.07) is 23.3. The van der Waals surface area contributed by atoms with Crippen molar-refractivity contribution in [2.45, 2.75) is 93.1 Å². The molecule has 2 aromatic heterocycles. The van der Waals surface area contributed by atoms with E-state index in [2.05, 4.69) is 33.4 Å². The average Bonchev–Trinajstić information content (AvgIpc) is 3.86. The van der Waals surface area contributed by atoms with E-state index in [1.165, 1.54) is 23.4 Å². The molecule has 0 saturated heterocycles. The summed E-state index contributed by atoms with van der Waals surface area (Å²) in [4.78, 5) is 23.8. The second kappa shape index (κ2) is 24.5. The maximum Gasteiger partial charge on any atom is 0.155 e. The summed E-state index contributed by atoms with van der Waals surface area (Å²) in [5.74, 6) is 0.408. The number of fused-ring (bicyclic) bond motifs is 2. The fourth-order valence-electron chi connectivity index (χ4n) is 6.34. The topological polar surface area (TPSA) is 173 Å². The number of aromatic nitrogens is 6. The minimum absolute atomic E-state index is 0. The first-order chi connectivity index (χ1) is 28.7. The van der Waals surface area contributed by atoms with Crippen LogP contribution >= 0.6 is 0 Å². The number of carbonyl (C=O) groups is 2. The van der Waals surface area contributed by atoms with E-state index in [-0.39, 0.29) is 50.5 Å². The number of aryl methyl sites for hydroxylation is 3. The van der Waals surface area contributed by atoms with E-state index in [0.717, 1.165) is 89.3 Å². The lowest BCUT2D eigenvalue weighted by atomic mass is 10.0. The summed E-state index contributed by atoms with van der Waals surface area (Å²) in [7, 11) is 0. The molecule has 0 fully saturated rings. The molecular formula is C46H60N6O8. The Hall–Kier alpha value is -5.54. The van der Waals surface area contributed by atoms with Crippen LogP contribution in [0.1, 0.15) is 89.5 Å². The first-order valence-electron chi connectivity index (χ1n) is 20.3. The van der Waals surface area contributed by atoms with Crippen molar-refractivity contribution in [2.24, 2.45) is 0 Å². The summed E-state index contributed by atoms with van der Waals surface area (Å²) in [6.07, 6.45) is 7.33. The lowest BCUT2D eigenvalue weighted by Crippen LogP contribution is -2.12. The van der Waals surface area contributed by atoms with E-state index in [1.54, 1.807) is 0 Å². The van der Waals surface area contributed by atoms with E-state index >= 15 is 0 Å². The third-order valence-electron chi connectivity index (χ3n) is 9.31. The summed E-state index contributed by atoms with van der Waals surface area (Å²) in [6.45, 7) is 9.15. The van der Waals surface area contributed by atoms with Gasteiger partial charge in [-0.25, -0.2) is 0 Å². The molecule has 0 aliphatic heterocycles. The molecule has 0 aliphatic rings. The number of unbranched alkanes of at least 4 members (excludes halogenated alkanes) is 3. The fraction of sp³-hybridized carbons (Fsp3) is 0.435. The van der Waals surface area contributed by atoms with E-state index in [0.29, 0.717) is 44.2 Å².